The molecule has 2 aromatic rings. The fraction of sp³-hybridized carbons (Fsp3) is 0.0625. The van der Waals surface area contributed by atoms with Crippen LogP contribution in [-0.4, -0.2) is 11.7 Å². The molecule has 1 aliphatic heterocycles. The van der Waals surface area contributed by atoms with E-state index in [-0.39, 0.29) is 0 Å². The lowest BCUT2D eigenvalue weighted by atomic mass is 10.0. The summed E-state index contributed by atoms with van der Waals surface area (Å²) in [6, 6.07) is 12.9. The predicted molar refractivity (Wildman–Crippen MR) is 93.4 cm³/mol. The Morgan fingerprint density at radius 2 is 1.95 bits per heavy atom. The number of carbonyl (C=O) groups is 1. The lowest BCUT2D eigenvalue weighted by molar-refractivity contribution is -0.112. The van der Waals surface area contributed by atoms with E-state index in [1.165, 1.54) is 0 Å². The van der Waals surface area contributed by atoms with E-state index in [0.717, 1.165) is 16.3 Å². The first-order chi connectivity index (χ1) is 10.6. The maximum atomic E-state index is 12.0. The second-order valence-electron chi connectivity index (χ2n) is 4.75. The van der Waals surface area contributed by atoms with Crippen LogP contribution in [0.1, 0.15) is 5.56 Å². The van der Waals surface area contributed by atoms with Gasteiger partial charge >= 0.3 is 0 Å². The highest BCUT2D eigenvalue weighted by molar-refractivity contribution is 7.99. The zero-order valence-electron chi connectivity index (χ0n) is 11.4. The molecule has 22 heavy (non-hydrogen) atoms. The first kappa shape index (κ1) is 15.3. The summed E-state index contributed by atoms with van der Waals surface area (Å²) in [6.45, 7) is 0. The summed E-state index contributed by atoms with van der Waals surface area (Å²) >= 11 is 13.8. The number of hydrogen-bond acceptors (Lipinski definition) is 3. The van der Waals surface area contributed by atoms with Crippen LogP contribution >= 0.6 is 35.0 Å². The molecule has 0 atom stereocenters. The van der Waals surface area contributed by atoms with Crippen LogP contribution in [0, 0.1) is 0 Å². The molecule has 0 fully saturated rings. The number of primary amides is 1. The van der Waals surface area contributed by atoms with Gasteiger partial charge in [-0.05, 0) is 24.3 Å². The van der Waals surface area contributed by atoms with Crippen molar-refractivity contribution in [2.45, 2.75) is 4.90 Å². The number of benzene rings is 2. The van der Waals surface area contributed by atoms with Gasteiger partial charge in [0.25, 0.3) is 5.91 Å². The Bertz CT molecular complexity index is 789. The maximum absolute atomic E-state index is 12.0. The van der Waals surface area contributed by atoms with Crippen LogP contribution in [0.2, 0.25) is 10.0 Å². The Kier molecular flexibility index (Phi) is 4.34. The minimum Gasteiger partial charge on any atom is -0.366 e. The molecule has 1 aliphatic rings. The Balaban J connectivity index is 2.10. The summed E-state index contributed by atoms with van der Waals surface area (Å²) in [6.07, 6.45) is 0. The van der Waals surface area contributed by atoms with Crippen LogP contribution in [0.3, 0.4) is 0 Å². The van der Waals surface area contributed by atoms with Gasteiger partial charge in [-0.25, -0.2) is 0 Å². The summed E-state index contributed by atoms with van der Waals surface area (Å²) in [4.78, 5) is 13.1. The molecule has 0 radical (unpaired) electrons. The number of anilines is 1. The van der Waals surface area contributed by atoms with Crippen molar-refractivity contribution in [3.8, 4) is 0 Å². The highest BCUT2D eigenvalue weighted by atomic mass is 35.5. The van der Waals surface area contributed by atoms with Crippen LogP contribution in [0.4, 0.5) is 5.69 Å². The van der Waals surface area contributed by atoms with Crippen LogP contribution in [0.25, 0.3) is 5.57 Å². The summed E-state index contributed by atoms with van der Waals surface area (Å²) in [5.74, 6) is 0.0977. The number of nitrogens with one attached hydrogen (secondary N) is 1. The molecule has 2 aromatic carbocycles. The first-order valence-electron chi connectivity index (χ1n) is 6.53. The monoisotopic (exact) mass is 350 g/mol. The molecule has 0 saturated heterocycles. The molecule has 3 nitrogen and oxygen atoms in total. The Hall–Kier alpha value is -1.62. The fourth-order valence-electron chi connectivity index (χ4n) is 2.32. The third kappa shape index (κ3) is 2.95. The van der Waals surface area contributed by atoms with Crippen molar-refractivity contribution in [3.05, 3.63) is 63.8 Å². The largest absolute Gasteiger partial charge is 0.366 e. The van der Waals surface area contributed by atoms with E-state index >= 15 is 0 Å². The first-order valence-corrected chi connectivity index (χ1v) is 8.27. The maximum Gasteiger partial charge on any atom is 0.251 e. The Labute approximate surface area is 142 Å². The summed E-state index contributed by atoms with van der Waals surface area (Å²) in [5.41, 5.74) is 8.27. The molecule has 1 amide bonds. The van der Waals surface area contributed by atoms with Crippen LogP contribution in [0.15, 0.2) is 53.1 Å². The normalized spacial score (nSPS) is 15.7. The van der Waals surface area contributed by atoms with E-state index in [2.05, 4.69) is 5.32 Å². The number of carbonyl (C=O) groups excluding carboxylic acids is 1. The summed E-state index contributed by atoms with van der Waals surface area (Å²) in [7, 11) is 0. The van der Waals surface area contributed by atoms with Crippen molar-refractivity contribution in [2.24, 2.45) is 5.73 Å². The molecule has 112 valence electrons. The van der Waals surface area contributed by atoms with Crippen LogP contribution in [-0.2, 0) is 4.79 Å². The average molecular weight is 351 g/mol. The van der Waals surface area contributed by atoms with Crippen molar-refractivity contribution < 1.29 is 4.79 Å². The van der Waals surface area contributed by atoms with E-state index < -0.39 is 5.91 Å². The zero-order chi connectivity index (χ0) is 15.7. The Morgan fingerprint density at radius 3 is 2.68 bits per heavy atom. The smallest absolute Gasteiger partial charge is 0.251 e. The molecular formula is C16H12Cl2N2OS. The van der Waals surface area contributed by atoms with E-state index in [1.54, 1.807) is 30.0 Å². The van der Waals surface area contributed by atoms with Crippen molar-refractivity contribution in [2.75, 3.05) is 11.1 Å². The molecule has 3 rings (SSSR count). The fourth-order valence-corrected chi connectivity index (χ4v) is 3.78. The molecule has 0 spiro atoms. The van der Waals surface area contributed by atoms with Crippen LogP contribution in [0.5, 0.6) is 0 Å². The molecule has 6 heteroatoms. The van der Waals surface area contributed by atoms with Crippen molar-refractivity contribution in [3.63, 3.8) is 0 Å². The van der Waals surface area contributed by atoms with E-state index in [1.807, 2.05) is 24.3 Å². The number of fused-ring (bicyclic) bond motifs is 1. The minimum atomic E-state index is -0.522. The minimum absolute atomic E-state index is 0.392. The standard InChI is InChI=1S/C16H12Cl2N2OS/c17-9-5-6-10(11(18)7-9)15(16(19)21)13-8-22-14-4-2-1-3-12(14)20-13/h1-7,20H,8H2,(H2,19,21)/b15-13+. The van der Waals surface area contributed by atoms with Gasteiger partial charge in [-0.2, -0.15) is 0 Å². The lowest BCUT2D eigenvalue weighted by Crippen LogP contribution is -2.20. The van der Waals surface area contributed by atoms with Gasteiger partial charge < -0.3 is 11.1 Å². The quantitative estimate of drug-likeness (QED) is 0.788. The number of thioether (sulfide) groups is 1. The SMILES string of the molecule is NC(=O)/C(=C1\CSc2ccccc2N1)c1ccc(Cl)cc1Cl. The zero-order valence-corrected chi connectivity index (χ0v) is 13.7. The van der Waals surface area contributed by atoms with E-state index in [9.17, 15) is 4.79 Å². The number of halogens is 2. The number of nitrogens with two attached hydrogens (primary N) is 1. The predicted octanol–water partition coefficient (Wildman–Crippen LogP) is 4.41. The van der Waals surface area contributed by atoms with Crippen molar-refractivity contribution in [1.82, 2.24) is 0 Å². The van der Waals surface area contributed by atoms with Gasteiger partial charge in [0, 0.05) is 26.9 Å². The second kappa shape index (κ2) is 6.24. The second-order valence-corrected chi connectivity index (χ2v) is 6.61. The van der Waals surface area contributed by atoms with Gasteiger partial charge in [0.05, 0.1) is 16.3 Å². The van der Waals surface area contributed by atoms with Crippen molar-refractivity contribution in [1.29, 1.82) is 0 Å². The number of para-hydroxylation sites is 1. The molecule has 0 bridgehead atoms. The number of amides is 1. The van der Waals surface area contributed by atoms with Gasteiger partial charge in [-0.1, -0.05) is 41.4 Å². The third-order valence-electron chi connectivity index (χ3n) is 3.29. The molecule has 3 N–H and O–H groups in total. The molecule has 0 unspecified atom stereocenters. The van der Waals surface area contributed by atoms with E-state index in [4.69, 9.17) is 28.9 Å². The molecule has 1 heterocycles. The topological polar surface area (TPSA) is 55.1 Å². The molecule has 0 saturated carbocycles. The van der Waals surface area contributed by atoms with Gasteiger partial charge in [-0.3, -0.25) is 4.79 Å². The van der Waals surface area contributed by atoms with Crippen molar-refractivity contribution >= 4 is 52.1 Å². The van der Waals surface area contributed by atoms with Crippen LogP contribution < -0.4 is 11.1 Å². The molecule has 0 aliphatic carbocycles. The molecular weight excluding hydrogens is 339 g/mol. The number of hydrogen-bond donors (Lipinski definition) is 2. The van der Waals surface area contributed by atoms with E-state index in [0.29, 0.717) is 26.9 Å². The lowest BCUT2D eigenvalue weighted by Gasteiger charge is -2.23. The van der Waals surface area contributed by atoms with Gasteiger partial charge in [0.2, 0.25) is 0 Å². The number of rotatable bonds is 2. The van der Waals surface area contributed by atoms with Gasteiger partial charge in [0.1, 0.15) is 0 Å². The highest BCUT2D eigenvalue weighted by Gasteiger charge is 2.22. The average Bonchev–Trinajstić information content (AvgIpc) is 2.49. The third-order valence-corrected chi connectivity index (χ3v) is 4.94. The van der Waals surface area contributed by atoms with Gasteiger partial charge in [-0.15, -0.1) is 11.8 Å². The molecule has 0 aromatic heterocycles. The summed E-state index contributed by atoms with van der Waals surface area (Å²) < 4.78 is 0. The Morgan fingerprint density at radius 1 is 1.18 bits per heavy atom. The summed E-state index contributed by atoms with van der Waals surface area (Å²) in [5, 5.41) is 4.20. The van der Waals surface area contributed by atoms with Gasteiger partial charge in [0.15, 0.2) is 0 Å². The highest BCUT2D eigenvalue weighted by Crippen LogP contribution is 2.38.